The van der Waals surface area contributed by atoms with Gasteiger partial charge in [-0.25, -0.2) is 0 Å². The van der Waals surface area contributed by atoms with Gasteiger partial charge < -0.3 is 5.32 Å². The number of carbonyl (C=O) groups is 1. The lowest BCUT2D eigenvalue weighted by Gasteiger charge is -2.13. The molecular formula is C15H12Cl3NOS. The van der Waals surface area contributed by atoms with Crippen molar-refractivity contribution < 1.29 is 4.79 Å². The zero-order chi connectivity index (χ0) is 15.4. The molecule has 2 aromatic carbocycles. The summed E-state index contributed by atoms with van der Waals surface area (Å²) >= 11 is 19.2. The summed E-state index contributed by atoms with van der Waals surface area (Å²) in [6, 6.07) is 12.3. The number of nitrogens with one attached hydrogen (secondary N) is 1. The Morgan fingerprint density at radius 2 is 1.67 bits per heavy atom. The van der Waals surface area contributed by atoms with E-state index in [1.54, 1.807) is 30.3 Å². The number of carbonyl (C=O) groups excluding carboxylic acids is 1. The molecule has 0 aliphatic heterocycles. The number of thioether (sulfide) groups is 1. The van der Waals surface area contributed by atoms with Crippen LogP contribution in [-0.2, 0) is 4.79 Å². The Hall–Kier alpha value is -0.870. The van der Waals surface area contributed by atoms with Gasteiger partial charge in [0.05, 0.1) is 16.0 Å². The molecule has 2 nitrogen and oxygen atoms in total. The van der Waals surface area contributed by atoms with E-state index in [2.05, 4.69) is 5.32 Å². The van der Waals surface area contributed by atoms with Crippen LogP contribution in [0.2, 0.25) is 15.1 Å². The number of amides is 1. The SMILES string of the molecule is C[C@H](Sc1ccc(Cl)cc1)C(=O)Nc1cc(Cl)ccc1Cl. The summed E-state index contributed by atoms with van der Waals surface area (Å²) in [6.45, 7) is 1.83. The van der Waals surface area contributed by atoms with E-state index in [1.165, 1.54) is 11.8 Å². The van der Waals surface area contributed by atoms with Gasteiger partial charge in [0.1, 0.15) is 0 Å². The Balaban J connectivity index is 2.02. The normalized spacial score (nSPS) is 12.0. The third kappa shape index (κ3) is 4.82. The predicted molar refractivity (Wildman–Crippen MR) is 91.9 cm³/mol. The van der Waals surface area contributed by atoms with Gasteiger partial charge in [-0.15, -0.1) is 11.8 Å². The molecule has 0 heterocycles. The second kappa shape index (κ2) is 7.41. The van der Waals surface area contributed by atoms with Gasteiger partial charge in [-0.05, 0) is 49.4 Å². The maximum Gasteiger partial charge on any atom is 0.237 e. The smallest absolute Gasteiger partial charge is 0.237 e. The molecule has 6 heteroatoms. The zero-order valence-electron chi connectivity index (χ0n) is 11.1. The Morgan fingerprint density at radius 1 is 1.05 bits per heavy atom. The number of anilines is 1. The fraction of sp³-hybridized carbons (Fsp3) is 0.133. The molecule has 0 saturated heterocycles. The predicted octanol–water partition coefficient (Wildman–Crippen LogP) is 5.77. The van der Waals surface area contributed by atoms with Crippen molar-refractivity contribution in [1.82, 2.24) is 0 Å². The maximum absolute atomic E-state index is 12.2. The summed E-state index contributed by atoms with van der Waals surface area (Å²) in [7, 11) is 0. The fourth-order valence-corrected chi connectivity index (χ4v) is 2.93. The topological polar surface area (TPSA) is 29.1 Å². The van der Waals surface area contributed by atoms with Crippen LogP contribution in [0.5, 0.6) is 0 Å². The molecule has 0 aliphatic carbocycles. The molecule has 0 aliphatic rings. The van der Waals surface area contributed by atoms with E-state index in [0.717, 1.165) is 4.90 Å². The second-order valence-corrected chi connectivity index (χ2v) is 7.02. The van der Waals surface area contributed by atoms with Crippen LogP contribution >= 0.6 is 46.6 Å². The summed E-state index contributed by atoms with van der Waals surface area (Å²) in [5.74, 6) is -0.140. The molecule has 0 bridgehead atoms. The van der Waals surface area contributed by atoms with Gasteiger partial charge in [0.25, 0.3) is 0 Å². The lowest BCUT2D eigenvalue weighted by molar-refractivity contribution is -0.115. The van der Waals surface area contributed by atoms with Gasteiger partial charge in [-0.2, -0.15) is 0 Å². The highest BCUT2D eigenvalue weighted by molar-refractivity contribution is 8.00. The average Bonchev–Trinajstić information content (AvgIpc) is 2.45. The Morgan fingerprint density at radius 3 is 2.33 bits per heavy atom. The van der Waals surface area contributed by atoms with Crippen molar-refractivity contribution in [1.29, 1.82) is 0 Å². The first-order chi connectivity index (χ1) is 9.95. The number of benzene rings is 2. The largest absolute Gasteiger partial charge is 0.324 e. The highest BCUT2D eigenvalue weighted by atomic mass is 35.5. The van der Waals surface area contributed by atoms with Crippen LogP contribution in [0.1, 0.15) is 6.92 Å². The van der Waals surface area contributed by atoms with E-state index < -0.39 is 0 Å². The lowest BCUT2D eigenvalue weighted by Crippen LogP contribution is -2.22. The molecule has 1 N–H and O–H groups in total. The highest BCUT2D eigenvalue weighted by Gasteiger charge is 2.16. The standard InChI is InChI=1S/C15H12Cl3NOS/c1-9(21-12-5-2-10(16)3-6-12)15(20)19-14-8-11(17)4-7-13(14)18/h2-9H,1H3,(H,19,20)/t9-/m0/s1. The van der Waals surface area contributed by atoms with Gasteiger partial charge in [0.15, 0.2) is 0 Å². The van der Waals surface area contributed by atoms with Crippen molar-refractivity contribution in [3.63, 3.8) is 0 Å². The van der Waals surface area contributed by atoms with Crippen molar-refractivity contribution in [3.05, 3.63) is 57.5 Å². The minimum atomic E-state index is -0.277. The van der Waals surface area contributed by atoms with Crippen LogP contribution in [0.4, 0.5) is 5.69 Å². The minimum Gasteiger partial charge on any atom is -0.324 e. The Labute approximate surface area is 142 Å². The first-order valence-electron chi connectivity index (χ1n) is 6.14. The third-order valence-corrected chi connectivity index (χ3v) is 4.61. The molecule has 0 unspecified atom stereocenters. The number of hydrogen-bond acceptors (Lipinski definition) is 2. The van der Waals surface area contributed by atoms with E-state index in [9.17, 15) is 4.79 Å². The molecule has 21 heavy (non-hydrogen) atoms. The summed E-state index contributed by atoms with van der Waals surface area (Å²) < 4.78 is 0. The number of hydrogen-bond donors (Lipinski definition) is 1. The summed E-state index contributed by atoms with van der Waals surface area (Å²) in [5.41, 5.74) is 0.512. The van der Waals surface area contributed by atoms with Crippen LogP contribution in [0.15, 0.2) is 47.4 Å². The zero-order valence-corrected chi connectivity index (χ0v) is 14.2. The maximum atomic E-state index is 12.2. The second-order valence-electron chi connectivity index (χ2n) is 4.33. The molecule has 2 rings (SSSR count). The van der Waals surface area contributed by atoms with Crippen molar-refractivity contribution in [2.24, 2.45) is 0 Å². The number of halogens is 3. The molecule has 0 aromatic heterocycles. The molecule has 0 radical (unpaired) electrons. The van der Waals surface area contributed by atoms with Crippen molar-refractivity contribution in [3.8, 4) is 0 Å². The van der Waals surface area contributed by atoms with Crippen LogP contribution in [0.3, 0.4) is 0 Å². The quantitative estimate of drug-likeness (QED) is 0.702. The molecule has 1 amide bonds. The van der Waals surface area contributed by atoms with Crippen LogP contribution < -0.4 is 5.32 Å². The van der Waals surface area contributed by atoms with Crippen molar-refractivity contribution in [2.45, 2.75) is 17.1 Å². The van der Waals surface area contributed by atoms with Gasteiger partial charge in [0.2, 0.25) is 5.91 Å². The van der Waals surface area contributed by atoms with Gasteiger partial charge in [-0.3, -0.25) is 4.79 Å². The fourth-order valence-electron chi connectivity index (χ4n) is 1.60. The van der Waals surface area contributed by atoms with E-state index in [4.69, 9.17) is 34.8 Å². The first kappa shape index (κ1) is 16.5. The highest BCUT2D eigenvalue weighted by Crippen LogP contribution is 2.28. The van der Waals surface area contributed by atoms with Gasteiger partial charge in [-0.1, -0.05) is 34.8 Å². The molecule has 1 atom stereocenters. The average molecular weight is 361 g/mol. The molecule has 0 fully saturated rings. The molecule has 0 saturated carbocycles. The van der Waals surface area contributed by atoms with E-state index in [0.29, 0.717) is 20.8 Å². The first-order valence-corrected chi connectivity index (χ1v) is 8.15. The van der Waals surface area contributed by atoms with E-state index >= 15 is 0 Å². The van der Waals surface area contributed by atoms with Crippen LogP contribution in [0.25, 0.3) is 0 Å². The van der Waals surface area contributed by atoms with Gasteiger partial charge >= 0.3 is 0 Å². The Bertz CT molecular complexity index is 646. The lowest BCUT2D eigenvalue weighted by atomic mass is 10.3. The van der Waals surface area contributed by atoms with E-state index in [-0.39, 0.29) is 11.2 Å². The molecule has 0 spiro atoms. The molecule has 110 valence electrons. The van der Waals surface area contributed by atoms with Crippen LogP contribution in [0, 0.1) is 0 Å². The van der Waals surface area contributed by atoms with Crippen LogP contribution in [-0.4, -0.2) is 11.2 Å². The summed E-state index contributed by atoms with van der Waals surface area (Å²) in [5, 5.41) is 4.15. The molecule has 2 aromatic rings. The van der Waals surface area contributed by atoms with E-state index in [1.807, 2.05) is 19.1 Å². The van der Waals surface area contributed by atoms with Crippen molar-refractivity contribution >= 4 is 58.2 Å². The monoisotopic (exact) mass is 359 g/mol. The van der Waals surface area contributed by atoms with Crippen molar-refractivity contribution in [2.75, 3.05) is 5.32 Å². The number of rotatable bonds is 4. The molecular weight excluding hydrogens is 349 g/mol. The summed E-state index contributed by atoms with van der Waals surface area (Å²) in [6.07, 6.45) is 0. The van der Waals surface area contributed by atoms with Gasteiger partial charge in [0, 0.05) is 14.9 Å². The Kier molecular flexibility index (Phi) is 5.82. The third-order valence-electron chi connectivity index (χ3n) is 2.68. The summed E-state index contributed by atoms with van der Waals surface area (Å²) in [4.78, 5) is 13.2. The minimum absolute atomic E-state index is 0.140.